The summed E-state index contributed by atoms with van der Waals surface area (Å²) in [5.74, 6) is -0.200. The van der Waals surface area contributed by atoms with Gasteiger partial charge in [-0.05, 0) is 44.9 Å². The van der Waals surface area contributed by atoms with E-state index in [1.807, 2.05) is 0 Å². The van der Waals surface area contributed by atoms with Gasteiger partial charge in [0.2, 0.25) is 10.0 Å². The van der Waals surface area contributed by atoms with Gasteiger partial charge in [0, 0.05) is 17.6 Å². The first-order chi connectivity index (χ1) is 10.4. The summed E-state index contributed by atoms with van der Waals surface area (Å²) >= 11 is 0. The minimum atomic E-state index is -3.58. The molecule has 0 radical (unpaired) electrons. The van der Waals surface area contributed by atoms with Crippen LogP contribution in [0.25, 0.3) is 0 Å². The van der Waals surface area contributed by atoms with Crippen LogP contribution in [0.1, 0.15) is 56.3 Å². The summed E-state index contributed by atoms with van der Waals surface area (Å²) in [5.41, 5.74) is 0.386. The Kier molecular flexibility index (Phi) is 5.58. The third-order valence-corrected chi connectivity index (χ3v) is 5.39. The summed E-state index contributed by atoms with van der Waals surface area (Å²) in [5, 5.41) is 3.00. The maximum atomic E-state index is 12.3. The van der Waals surface area contributed by atoms with Gasteiger partial charge in [0.15, 0.2) is 0 Å². The minimum Gasteiger partial charge on any atom is -0.349 e. The summed E-state index contributed by atoms with van der Waals surface area (Å²) in [6.07, 6.45) is 5.49. The lowest BCUT2D eigenvalue weighted by atomic mass is 9.95. The molecule has 6 heteroatoms. The van der Waals surface area contributed by atoms with Crippen LogP contribution in [0.4, 0.5) is 0 Å². The van der Waals surface area contributed by atoms with Crippen molar-refractivity contribution in [2.75, 3.05) is 0 Å². The molecular weight excluding hydrogens is 300 g/mol. The molecule has 1 aliphatic rings. The second kappa shape index (κ2) is 7.24. The van der Waals surface area contributed by atoms with Gasteiger partial charge in [-0.2, -0.15) is 0 Å². The number of carbonyl (C=O) groups excluding carboxylic acids is 1. The third kappa shape index (κ3) is 4.55. The molecule has 0 unspecified atom stereocenters. The lowest BCUT2D eigenvalue weighted by Gasteiger charge is -2.22. The second-order valence-electron chi connectivity index (χ2n) is 6.11. The van der Waals surface area contributed by atoms with Crippen molar-refractivity contribution in [1.29, 1.82) is 0 Å². The Morgan fingerprint density at radius 3 is 2.50 bits per heavy atom. The van der Waals surface area contributed by atoms with Crippen molar-refractivity contribution >= 4 is 15.9 Å². The third-order valence-electron chi connectivity index (χ3n) is 3.74. The normalized spacial score (nSPS) is 16.7. The largest absolute Gasteiger partial charge is 0.349 e. The monoisotopic (exact) mass is 324 g/mol. The smallest absolute Gasteiger partial charge is 0.251 e. The highest BCUT2D eigenvalue weighted by molar-refractivity contribution is 7.89. The van der Waals surface area contributed by atoms with Gasteiger partial charge in [0.05, 0.1) is 4.90 Å². The zero-order valence-electron chi connectivity index (χ0n) is 13.1. The molecule has 0 bridgehead atoms. The molecule has 1 aromatic rings. The summed E-state index contributed by atoms with van der Waals surface area (Å²) in [4.78, 5) is 12.4. The van der Waals surface area contributed by atoms with Crippen LogP contribution in [0, 0.1) is 0 Å². The van der Waals surface area contributed by atoms with E-state index in [0.717, 1.165) is 25.7 Å². The van der Waals surface area contributed by atoms with Crippen molar-refractivity contribution in [1.82, 2.24) is 10.0 Å². The average molecular weight is 324 g/mol. The van der Waals surface area contributed by atoms with Crippen molar-refractivity contribution in [3.8, 4) is 0 Å². The molecule has 1 aliphatic carbocycles. The molecule has 0 heterocycles. The second-order valence-corrected chi connectivity index (χ2v) is 7.83. The lowest BCUT2D eigenvalue weighted by molar-refractivity contribution is 0.0927. The highest BCUT2D eigenvalue weighted by Crippen LogP contribution is 2.18. The number of benzene rings is 1. The maximum absolute atomic E-state index is 12.3. The highest BCUT2D eigenvalue weighted by atomic mass is 32.2. The van der Waals surface area contributed by atoms with Gasteiger partial charge >= 0.3 is 0 Å². The number of sulfonamides is 1. The SMILES string of the molecule is CC(C)NS(=O)(=O)c1cccc(C(=O)NC2CCCCC2)c1. The zero-order chi connectivity index (χ0) is 16.2. The predicted octanol–water partition coefficient (Wildman–Crippen LogP) is 2.44. The Balaban J connectivity index is 2.12. The van der Waals surface area contributed by atoms with Gasteiger partial charge in [-0.15, -0.1) is 0 Å². The van der Waals surface area contributed by atoms with Crippen molar-refractivity contribution in [3.63, 3.8) is 0 Å². The fourth-order valence-corrected chi connectivity index (χ4v) is 4.00. The molecular formula is C16H24N2O3S. The zero-order valence-corrected chi connectivity index (χ0v) is 13.9. The Hall–Kier alpha value is -1.40. The molecule has 2 rings (SSSR count). The van der Waals surface area contributed by atoms with Crippen LogP contribution >= 0.6 is 0 Å². The van der Waals surface area contributed by atoms with E-state index in [2.05, 4.69) is 10.0 Å². The Labute approximate surface area is 132 Å². The molecule has 0 atom stereocenters. The Morgan fingerprint density at radius 2 is 1.86 bits per heavy atom. The number of rotatable bonds is 5. The fourth-order valence-electron chi connectivity index (χ4n) is 2.70. The van der Waals surface area contributed by atoms with Crippen LogP contribution < -0.4 is 10.0 Å². The van der Waals surface area contributed by atoms with E-state index < -0.39 is 10.0 Å². The van der Waals surface area contributed by atoms with Gasteiger partial charge in [0.1, 0.15) is 0 Å². The predicted molar refractivity (Wildman–Crippen MR) is 86.2 cm³/mol. The van der Waals surface area contributed by atoms with Crippen LogP contribution in [0.3, 0.4) is 0 Å². The number of hydrogen-bond donors (Lipinski definition) is 2. The van der Waals surface area contributed by atoms with Crippen molar-refractivity contribution in [3.05, 3.63) is 29.8 Å². The average Bonchev–Trinajstić information content (AvgIpc) is 2.47. The van der Waals surface area contributed by atoms with E-state index in [-0.39, 0.29) is 22.9 Å². The van der Waals surface area contributed by atoms with Crippen LogP contribution in [-0.2, 0) is 10.0 Å². The topological polar surface area (TPSA) is 75.3 Å². The maximum Gasteiger partial charge on any atom is 0.251 e. The summed E-state index contributed by atoms with van der Waals surface area (Å²) in [6, 6.07) is 6.20. The van der Waals surface area contributed by atoms with Crippen LogP contribution in [-0.4, -0.2) is 26.4 Å². The molecule has 2 N–H and O–H groups in total. The first-order valence-corrected chi connectivity index (χ1v) is 9.30. The van der Waals surface area contributed by atoms with Crippen molar-refractivity contribution in [2.24, 2.45) is 0 Å². The molecule has 0 spiro atoms. The van der Waals surface area contributed by atoms with Gasteiger partial charge in [-0.3, -0.25) is 4.79 Å². The van der Waals surface area contributed by atoms with E-state index >= 15 is 0 Å². The molecule has 1 saturated carbocycles. The molecule has 22 heavy (non-hydrogen) atoms. The van der Waals surface area contributed by atoms with E-state index in [1.54, 1.807) is 26.0 Å². The number of carbonyl (C=O) groups is 1. The fraction of sp³-hybridized carbons (Fsp3) is 0.562. The van der Waals surface area contributed by atoms with E-state index in [0.29, 0.717) is 5.56 Å². The first-order valence-electron chi connectivity index (χ1n) is 7.82. The van der Waals surface area contributed by atoms with Crippen molar-refractivity contribution in [2.45, 2.75) is 62.9 Å². The first kappa shape index (κ1) is 17.0. The van der Waals surface area contributed by atoms with Gasteiger partial charge in [-0.1, -0.05) is 25.3 Å². The molecule has 1 aromatic carbocycles. The van der Waals surface area contributed by atoms with Gasteiger partial charge in [-0.25, -0.2) is 13.1 Å². The van der Waals surface area contributed by atoms with E-state index in [1.165, 1.54) is 18.6 Å². The molecule has 0 aliphatic heterocycles. The summed E-state index contributed by atoms with van der Waals surface area (Å²) in [7, 11) is -3.58. The van der Waals surface area contributed by atoms with E-state index in [9.17, 15) is 13.2 Å². The van der Waals surface area contributed by atoms with Gasteiger partial charge < -0.3 is 5.32 Å². The molecule has 1 amide bonds. The van der Waals surface area contributed by atoms with Crippen molar-refractivity contribution < 1.29 is 13.2 Å². The summed E-state index contributed by atoms with van der Waals surface area (Å²) < 4.78 is 26.9. The number of hydrogen-bond acceptors (Lipinski definition) is 3. The number of amides is 1. The lowest BCUT2D eigenvalue weighted by Crippen LogP contribution is -2.36. The standard InChI is InChI=1S/C16H24N2O3S/c1-12(2)18-22(20,21)15-10-6-7-13(11-15)16(19)17-14-8-4-3-5-9-14/h6-7,10-12,14,18H,3-5,8-9H2,1-2H3,(H,17,19). The Morgan fingerprint density at radius 1 is 1.18 bits per heavy atom. The quantitative estimate of drug-likeness (QED) is 0.873. The van der Waals surface area contributed by atoms with Crippen LogP contribution in [0.15, 0.2) is 29.2 Å². The van der Waals surface area contributed by atoms with Gasteiger partial charge in [0.25, 0.3) is 5.91 Å². The van der Waals surface area contributed by atoms with E-state index in [4.69, 9.17) is 0 Å². The Bertz CT molecular complexity index is 620. The molecule has 5 nitrogen and oxygen atoms in total. The minimum absolute atomic E-state index is 0.123. The molecule has 0 aromatic heterocycles. The molecule has 1 fully saturated rings. The molecule has 0 saturated heterocycles. The molecule has 122 valence electrons. The van der Waals surface area contributed by atoms with Crippen LogP contribution in [0.5, 0.6) is 0 Å². The summed E-state index contributed by atoms with van der Waals surface area (Å²) in [6.45, 7) is 3.52. The highest BCUT2D eigenvalue weighted by Gasteiger charge is 2.19. The number of nitrogens with one attached hydrogen (secondary N) is 2. The van der Waals surface area contributed by atoms with Crippen LogP contribution in [0.2, 0.25) is 0 Å².